The van der Waals surface area contributed by atoms with E-state index in [0.29, 0.717) is 21.7 Å². The zero-order valence-electron chi connectivity index (χ0n) is 14.4. The first-order valence-corrected chi connectivity index (χ1v) is 11.0. The lowest BCUT2D eigenvalue weighted by Crippen LogP contribution is -2.39. The van der Waals surface area contributed by atoms with Crippen LogP contribution in [-0.2, 0) is 9.84 Å². The first-order valence-electron chi connectivity index (χ1n) is 8.15. The number of guanidine groups is 1. The van der Waals surface area contributed by atoms with E-state index in [0.717, 1.165) is 4.88 Å². The summed E-state index contributed by atoms with van der Waals surface area (Å²) in [6, 6.07) is 11.8. The molecule has 2 rings (SSSR count). The lowest BCUT2D eigenvalue weighted by molar-refractivity contribution is 0.191. The van der Waals surface area contributed by atoms with Crippen molar-refractivity contribution in [1.29, 1.82) is 0 Å². The van der Waals surface area contributed by atoms with E-state index in [2.05, 4.69) is 15.6 Å². The summed E-state index contributed by atoms with van der Waals surface area (Å²) in [4.78, 5) is 5.34. The van der Waals surface area contributed by atoms with Gasteiger partial charge in [0, 0.05) is 18.0 Å². The maximum atomic E-state index is 12.3. The van der Waals surface area contributed by atoms with Gasteiger partial charge in [0.15, 0.2) is 15.8 Å². The first kappa shape index (κ1) is 20.7. The summed E-state index contributed by atoms with van der Waals surface area (Å²) in [5.74, 6) is 0.405. The molecule has 142 valence electrons. The number of aliphatic hydroxyl groups excluding tert-OH is 1. The second kappa shape index (κ2) is 9.91. The van der Waals surface area contributed by atoms with Gasteiger partial charge < -0.3 is 15.7 Å². The molecule has 0 aliphatic heterocycles. The van der Waals surface area contributed by atoms with Crippen molar-refractivity contribution in [2.24, 2.45) is 4.99 Å². The summed E-state index contributed by atoms with van der Waals surface area (Å²) in [6.45, 7) is 2.90. The SMILES string of the molecule is CCNC(=NCC(O)c1ccc(Cl)s1)NCCS(=O)(=O)c1ccccc1. The van der Waals surface area contributed by atoms with Crippen LogP contribution < -0.4 is 10.6 Å². The second-order valence-corrected chi connectivity index (χ2v) is 9.29. The average molecular weight is 416 g/mol. The summed E-state index contributed by atoms with van der Waals surface area (Å²) in [6.07, 6.45) is -0.754. The van der Waals surface area contributed by atoms with Crippen LogP contribution in [0.3, 0.4) is 0 Å². The molecular weight excluding hydrogens is 394 g/mol. The molecule has 0 saturated heterocycles. The monoisotopic (exact) mass is 415 g/mol. The van der Waals surface area contributed by atoms with Crippen LogP contribution in [0.2, 0.25) is 4.34 Å². The van der Waals surface area contributed by atoms with E-state index >= 15 is 0 Å². The molecule has 6 nitrogen and oxygen atoms in total. The Morgan fingerprint density at radius 1 is 1.23 bits per heavy atom. The number of nitrogens with one attached hydrogen (secondary N) is 2. The van der Waals surface area contributed by atoms with E-state index in [1.165, 1.54) is 11.3 Å². The standard InChI is InChI=1S/C17H22ClN3O3S2/c1-2-19-17(21-12-14(22)15-8-9-16(18)25-15)20-10-11-26(23,24)13-6-4-3-5-7-13/h3-9,14,22H,2,10-12H2,1H3,(H2,19,20,21). The molecule has 2 aromatic rings. The maximum absolute atomic E-state index is 12.3. The number of rotatable bonds is 8. The maximum Gasteiger partial charge on any atom is 0.191 e. The van der Waals surface area contributed by atoms with Gasteiger partial charge >= 0.3 is 0 Å². The highest BCUT2D eigenvalue weighted by Gasteiger charge is 2.14. The normalized spacial score (nSPS) is 13.4. The molecule has 0 radical (unpaired) electrons. The van der Waals surface area contributed by atoms with E-state index in [9.17, 15) is 13.5 Å². The highest BCUT2D eigenvalue weighted by Crippen LogP contribution is 2.26. The summed E-state index contributed by atoms with van der Waals surface area (Å²) < 4.78 is 25.2. The van der Waals surface area contributed by atoms with Gasteiger partial charge in [-0.25, -0.2) is 8.42 Å². The van der Waals surface area contributed by atoms with Gasteiger partial charge in [-0.2, -0.15) is 0 Å². The fourth-order valence-corrected chi connectivity index (χ4v) is 4.38. The quantitative estimate of drug-likeness (QED) is 0.455. The Morgan fingerprint density at radius 3 is 2.58 bits per heavy atom. The molecule has 1 aromatic carbocycles. The predicted octanol–water partition coefficient (Wildman–Crippen LogP) is 2.46. The Balaban J connectivity index is 1.91. The number of hydrogen-bond donors (Lipinski definition) is 3. The molecule has 0 aliphatic carbocycles. The van der Waals surface area contributed by atoms with Gasteiger partial charge in [-0.05, 0) is 31.2 Å². The number of thiophene rings is 1. The van der Waals surface area contributed by atoms with E-state index in [4.69, 9.17) is 11.6 Å². The van der Waals surface area contributed by atoms with Crippen molar-refractivity contribution in [3.8, 4) is 0 Å². The number of sulfone groups is 1. The molecule has 26 heavy (non-hydrogen) atoms. The number of benzene rings is 1. The third-order valence-electron chi connectivity index (χ3n) is 3.45. The van der Waals surface area contributed by atoms with Crippen molar-refractivity contribution >= 4 is 38.7 Å². The van der Waals surface area contributed by atoms with Crippen LogP contribution in [0.15, 0.2) is 52.4 Å². The van der Waals surface area contributed by atoms with Gasteiger partial charge in [-0.1, -0.05) is 29.8 Å². The largest absolute Gasteiger partial charge is 0.386 e. The lowest BCUT2D eigenvalue weighted by Gasteiger charge is -2.13. The molecule has 0 aliphatic rings. The fraction of sp³-hybridized carbons (Fsp3) is 0.353. The van der Waals surface area contributed by atoms with Crippen LogP contribution >= 0.6 is 22.9 Å². The average Bonchev–Trinajstić information content (AvgIpc) is 3.06. The molecule has 0 amide bonds. The molecule has 1 atom stereocenters. The molecule has 1 aromatic heterocycles. The first-order chi connectivity index (χ1) is 12.4. The van der Waals surface area contributed by atoms with Crippen LogP contribution in [-0.4, -0.2) is 44.9 Å². The van der Waals surface area contributed by atoms with Gasteiger partial charge in [0.2, 0.25) is 0 Å². The van der Waals surface area contributed by atoms with Gasteiger partial charge in [0.25, 0.3) is 0 Å². The number of nitrogens with zero attached hydrogens (tertiary/aromatic N) is 1. The van der Waals surface area contributed by atoms with Gasteiger partial charge in [-0.15, -0.1) is 11.3 Å². The highest BCUT2D eigenvalue weighted by molar-refractivity contribution is 7.91. The molecule has 0 spiro atoms. The van der Waals surface area contributed by atoms with Crippen molar-refractivity contribution in [3.63, 3.8) is 0 Å². The predicted molar refractivity (Wildman–Crippen MR) is 107 cm³/mol. The van der Waals surface area contributed by atoms with Crippen LogP contribution in [0.4, 0.5) is 0 Å². The van der Waals surface area contributed by atoms with E-state index in [1.54, 1.807) is 42.5 Å². The van der Waals surface area contributed by atoms with Gasteiger partial charge in [0.1, 0.15) is 6.10 Å². The number of hydrogen-bond acceptors (Lipinski definition) is 5. The minimum absolute atomic E-state index is 0.0511. The van der Waals surface area contributed by atoms with Crippen molar-refractivity contribution in [2.45, 2.75) is 17.9 Å². The number of aliphatic imine (C=N–C) groups is 1. The molecule has 3 N–H and O–H groups in total. The molecule has 0 bridgehead atoms. The van der Waals surface area contributed by atoms with Crippen molar-refractivity contribution in [2.75, 3.05) is 25.4 Å². The number of aliphatic hydroxyl groups is 1. The van der Waals surface area contributed by atoms with E-state index < -0.39 is 15.9 Å². The fourth-order valence-electron chi connectivity index (χ4n) is 2.17. The topological polar surface area (TPSA) is 90.8 Å². The lowest BCUT2D eigenvalue weighted by atomic mass is 10.3. The van der Waals surface area contributed by atoms with Gasteiger partial charge in [-0.3, -0.25) is 4.99 Å². The molecular formula is C17H22ClN3O3S2. The molecule has 1 unspecified atom stereocenters. The smallest absolute Gasteiger partial charge is 0.191 e. The summed E-state index contributed by atoms with van der Waals surface area (Å²) >= 11 is 7.17. The van der Waals surface area contributed by atoms with Crippen molar-refractivity contribution < 1.29 is 13.5 Å². The Kier molecular flexibility index (Phi) is 7.89. The Hall–Kier alpha value is -1.61. The van der Waals surface area contributed by atoms with Gasteiger partial charge in [0.05, 0.1) is 21.5 Å². The molecule has 1 heterocycles. The Labute approximate surface area is 162 Å². The second-order valence-electron chi connectivity index (χ2n) is 5.44. The van der Waals surface area contributed by atoms with Crippen molar-refractivity contribution in [1.82, 2.24) is 10.6 Å². The minimum Gasteiger partial charge on any atom is -0.386 e. The Bertz CT molecular complexity index is 823. The molecule has 0 saturated carbocycles. The van der Waals surface area contributed by atoms with Crippen LogP contribution in [0, 0.1) is 0 Å². The van der Waals surface area contributed by atoms with Crippen molar-refractivity contribution in [3.05, 3.63) is 51.7 Å². The van der Waals surface area contributed by atoms with Crippen LogP contribution in [0.25, 0.3) is 0 Å². The summed E-state index contributed by atoms with van der Waals surface area (Å²) in [7, 11) is -3.35. The number of halogens is 1. The Morgan fingerprint density at radius 2 is 1.96 bits per heavy atom. The third kappa shape index (κ3) is 6.28. The molecule has 0 fully saturated rings. The minimum atomic E-state index is -3.35. The van der Waals surface area contributed by atoms with E-state index in [1.807, 2.05) is 6.92 Å². The van der Waals surface area contributed by atoms with Crippen LogP contribution in [0.1, 0.15) is 17.9 Å². The van der Waals surface area contributed by atoms with Crippen LogP contribution in [0.5, 0.6) is 0 Å². The van der Waals surface area contributed by atoms with E-state index in [-0.39, 0.29) is 18.8 Å². The summed E-state index contributed by atoms with van der Waals surface area (Å²) in [5, 5.41) is 16.2. The zero-order valence-corrected chi connectivity index (χ0v) is 16.7. The molecule has 9 heteroatoms. The zero-order chi connectivity index (χ0) is 19.0. The summed E-state index contributed by atoms with van der Waals surface area (Å²) in [5.41, 5.74) is 0. The third-order valence-corrected chi connectivity index (χ3v) is 6.52. The highest BCUT2D eigenvalue weighted by atomic mass is 35.5.